The molecule has 0 spiro atoms. The van der Waals surface area contributed by atoms with Crippen LogP contribution < -0.4 is 5.32 Å². The van der Waals surface area contributed by atoms with Crippen LogP contribution in [0.5, 0.6) is 0 Å². The topological polar surface area (TPSA) is 61.8 Å². The van der Waals surface area contributed by atoms with E-state index in [-0.39, 0.29) is 5.92 Å². The SMILES string of the molecule is CCNC1(C(=O)O)CCCC1CCN(C)CCOCC. The van der Waals surface area contributed by atoms with E-state index in [1.807, 2.05) is 13.8 Å². The van der Waals surface area contributed by atoms with Crippen LogP contribution in [-0.4, -0.2) is 61.4 Å². The fourth-order valence-electron chi connectivity index (χ4n) is 3.23. The number of hydrogen-bond donors (Lipinski definition) is 2. The first-order valence-electron chi connectivity index (χ1n) is 7.81. The van der Waals surface area contributed by atoms with Crippen molar-refractivity contribution in [3.8, 4) is 0 Å². The number of nitrogens with one attached hydrogen (secondary N) is 1. The summed E-state index contributed by atoms with van der Waals surface area (Å²) in [4.78, 5) is 13.9. The summed E-state index contributed by atoms with van der Waals surface area (Å²) in [6, 6.07) is 0. The third-order valence-electron chi connectivity index (χ3n) is 4.38. The minimum Gasteiger partial charge on any atom is -0.480 e. The van der Waals surface area contributed by atoms with E-state index in [2.05, 4.69) is 17.3 Å². The predicted octanol–water partition coefficient (Wildman–Crippen LogP) is 1.58. The van der Waals surface area contributed by atoms with Crippen molar-refractivity contribution in [3.05, 3.63) is 0 Å². The summed E-state index contributed by atoms with van der Waals surface area (Å²) in [6.07, 6.45) is 3.71. The van der Waals surface area contributed by atoms with Crippen molar-refractivity contribution in [1.29, 1.82) is 0 Å². The van der Waals surface area contributed by atoms with Gasteiger partial charge in [-0.25, -0.2) is 0 Å². The minimum atomic E-state index is -0.699. The van der Waals surface area contributed by atoms with Gasteiger partial charge in [-0.1, -0.05) is 13.3 Å². The summed E-state index contributed by atoms with van der Waals surface area (Å²) >= 11 is 0. The minimum absolute atomic E-state index is 0.231. The number of aliphatic carboxylic acids is 1. The Balaban J connectivity index is 2.46. The lowest BCUT2D eigenvalue weighted by atomic mass is 9.84. The first-order valence-corrected chi connectivity index (χ1v) is 7.81. The highest BCUT2D eigenvalue weighted by molar-refractivity contribution is 5.79. The third kappa shape index (κ3) is 4.43. The number of likely N-dealkylation sites (N-methyl/N-ethyl adjacent to an activating group) is 2. The van der Waals surface area contributed by atoms with Crippen LogP contribution in [0.4, 0.5) is 0 Å². The van der Waals surface area contributed by atoms with Crippen molar-refractivity contribution in [2.24, 2.45) is 5.92 Å². The van der Waals surface area contributed by atoms with Crippen LogP contribution >= 0.6 is 0 Å². The number of carboxylic acid groups (broad SMARTS) is 1. The van der Waals surface area contributed by atoms with Crippen LogP contribution in [0.1, 0.15) is 39.5 Å². The molecule has 1 fully saturated rings. The van der Waals surface area contributed by atoms with Crippen molar-refractivity contribution >= 4 is 5.97 Å². The molecule has 1 aliphatic rings. The van der Waals surface area contributed by atoms with Crippen LogP contribution in [-0.2, 0) is 9.53 Å². The van der Waals surface area contributed by atoms with E-state index >= 15 is 0 Å². The van der Waals surface area contributed by atoms with E-state index in [1.165, 1.54) is 0 Å². The molecule has 2 unspecified atom stereocenters. The lowest BCUT2D eigenvalue weighted by Crippen LogP contribution is -2.55. The molecule has 0 saturated heterocycles. The van der Waals surface area contributed by atoms with Gasteiger partial charge in [0.15, 0.2) is 0 Å². The summed E-state index contributed by atoms with van der Waals surface area (Å²) in [5.74, 6) is -0.451. The van der Waals surface area contributed by atoms with Crippen molar-refractivity contribution in [2.75, 3.05) is 39.9 Å². The summed E-state index contributed by atoms with van der Waals surface area (Å²) in [7, 11) is 2.07. The highest BCUT2D eigenvalue weighted by Crippen LogP contribution is 2.38. The van der Waals surface area contributed by atoms with E-state index in [4.69, 9.17) is 4.74 Å². The molecular formula is C15H30N2O3. The van der Waals surface area contributed by atoms with Crippen LogP contribution in [0.15, 0.2) is 0 Å². The number of carboxylic acids is 1. The van der Waals surface area contributed by atoms with Gasteiger partial charge in [0.1, 0.15) is 5.54 Å². The maximum Gasteiger partial charge on any atom is 0.324 e. The van der Waals surface area contributed by atoms with Crippen LogP contribution in [0.3, 0.4) is 0 Å². The second-order valence-corrected chi connectivity index (χ2v) is 5.68. The molecular weight excluding hydrogens is 256 g/mol. The van der Waals surface area contributed by atoms with Crippen LogP contribution in [0, 0.1) is 5.92 Å². The van der Waals surface area contributed by atoms with E-state index in [0.717, 1.165) is 52.0 Å². The molecule has 5 heteroatoms. The smallest absolute Gasteiger partial charge is 0.324 e. The molecule has 20 heavy (non-hydrogen) atoms. The molecule has 0 amide bonds. The second-order valence-electron chi connectivity index (χ2n) is 5.68. The van der Waals surface area contributed by atoms with Gasteiger partial charge in [0.2, 0.25) is 0 Å². The van der Waals surface area contributed by atoms with Crippen molar-refractivity contribution in [3.63, 3.8) is 0 Å². The zero-order chi connectivity index (χ0) is 15.0. The average Bonchev–Trinajstić information content (AvgIpc) is 2.81. The van der Waals surface area contributed by atoms with Gasteiger partial charge >= 0.3 is 5.97 Å². The number of nitrogens with zero attached hydrogens (tertiary/aromatic N) is 1. The van der Waals surface area contributed by atoms with Crippen molar-refractivity contribution in [1.82, 2.24) is 10.2 Å². The first kappa shape index (κ1) is 17.4. The zero-order valence-corrected chi connectivity index (χ0v) is 13.2. The van der Waals surface area contributed by atoms with Gasteiger partial charge in [-0.15, -0.1) is 0 Å². The molecule has 0 aromatic heterocycles. The van der Waals surface area contributed by atoms with Gasteiger partial charge in [-0.2, -0.15) is 0 Å². The maximum atomic E-state index is 11.7. The van der Waals surface area contributed by atoms with Gasteiger partial charge in [-0.05, 0) is 52.2 Å². The molecule has 0 radical (unpaired) electrons. The molecule has 1 rings (SSSR count). The summed E-state index contributed by atoms with van der Waals surface area (Å²) in [5.41, 5.74) is -0.699. The molecule has 2 N–H and O–H groups in total. The van der Waals surface area contributed by atoms with E-state index in [0.29, 0.717) is 6.54 Å². The van der Waals surface area contributed by atoms with Gasteiger partial charge in [0, 0.05) is 13.2 Å². The largest absolute Gasteiger partial charge is 0.480 e. The Kier molecular flexibility index (Phi) is 7.48. The van der Waals surface area contributed by atoms with Crippen LogP contribution in [0.25, 0.3) is 0 Å². The van der Waals surface area contributed by atoms with Gasteiger partial charge in [0.05, 0.1) is 6.61 Å². The molecule has 118 valence electrons. The Hall–Kier alpha value is -0.650. The van der Waals surface area contributed by atoms with Gasteiger partial charge in [0.25, 0.3) is 0 Å². The van der Waals surface area contributed by atoms with Crippen molar-refractivity contribution in [2.45, 2.75) is 45.1 Å². The summed E-state index contributed by atoms with van der Waals surface area (Å²) in [5, 5.41) is 12.8. The first-order chi connectivity index (χ1) is 9.56. The Morgan fingerprint density at radius 3 is 2.80 bits per heavy atom. The lowest BCUT2D eigenvalue weighted by Gasteiger charge is -2.33. The molecule has 0 aliphatic heterocycles. The maximum absolute atomic E-state index is 11.7. The molecule has 0 bridgehead atoms. The van der Waals surface area contributed by atoms with E-state index < -0.39 is 11.5 Å². The fraction of sp³-hybridized carbons (Fsp3) is 0.933. The highest BCUT2D eigenvalue weighted by Gasteiger charge is 2.48. The van der Waals surface area contributed by atoms with E-state index in [1.54, 1.807) is 0 Å². The average molecular weight is 286 g/mol. The number of ether oxygens (including phenoxy) is 1. The lowest BCUT2D eigenvalue weighted by molar-refractivity contribution is -0.146. The molecule has 0 heterocycles. The monoisotopic (exact) mass is 286 g/mol. The zero-order valence-electron chi connectivity index (χ0n) is 13.2. The highest BCUT2D eigenvalue weighted by atomic mass is 16.5. The molecule has 5 nitrogen and oxygen atoms in total. The van der Waals surface area contributed by atoms with Crippen LogP contribution in [0.2, 0.25) is 0 Å². The second kappa shape index (κ2) is 8.60. The predicted molar refractivity (Wildman–Crippen MR) is 80.0 cm³/mol. The summed E-state index contributed by atoms with van der Waals surface area (Å²) in [6.45, 7) is 8.02. The Morgan fingerprint density at radius 1 is 1.45 bits per heavy atom. The Morgan fingerprint density at radius 2 is 2.20 bits per heavy atom. The molecule has 1 aliphatic carbocycles. The molecule has 0 aromatic rings. The van der Waals surface area contributed by atoms with Gasteiger partial charge < -0.3 is 20.1 Å². The number of hydrogen-bond acceptors (Lipinski definition) is 4. The summed E-state index contributed by atoms with van der Waals surface area (Å²) < 4.78 is 5.35. The standard InChI is InChI=1S/C15H30N2O3/c1-4-16-15(14(18)19)9-6-7-13(15)8-10-17(3)11-12-20-5-2/h13,16H,4-12H2,1-3H3,(H,18,19). The normalized spacial score (nSPS) is 26.3. The number of carbonyl (C=O) groups is 1. The Labute approximate surface area is 122 Å². The third-order valence-corrected chi connectivity index (χ3v) is 4.38. The van der Waals surface area contributed by atoms with E-state index in [9.17, 15) is 9.90 Å². The number of rotatable bonds is 10. The van der Waals surface area contributed by atoms with Crippen molar-refractivity contribution < 1.29 is 14.6 Å². The quantitative estimate of drug-likeness (QED) is 0.597. The fourth-order valence-corrected chi connectivity index (χ4v) is 3.23. The molecule has 0 aromatic carbocycles. The molecule has 1 saturated carbocycles. The molecule has 2 atom stereocenters. The Bertz CT molecular complexity index is 299. The van der Waals surface area contributed by atoms with Gasteiger partial charge in [-0.3, -0.25) is 4.79 Å².